The summed E-state index contributed by atoms with van der Waals surface area (Å²) in [5, 5.41) is 2.74. The van der Waals surface area contributed by atoms with E-state index in [1.807, 2.05) is 13.8 Å². The first-order valence-electron chi connectivity index (χ1n) is 7.12. The molecule has 0 aliphatic carbocycles. The molecule has 122 valence electrons. The van der Waals surface area contributed by atoms with E-state index in [0.717, 1.165) is 0 Å². The van der Waals surface area contributed by atoms with Crippen LogP contribution in [-0.2, 0) is 4.74 Å². The van der Waals surface area contributed by atoms with E-state index >= 15 is 0 Å². The molecule has 0 saturated carbocycles. The van der Waals surface area contributed by atoms with Crippen molar-refractivity contribution >= 4 is 11.7 Å². The SMILES string of the molecule is Cc1c(NC(=O)N2C[C@H](C)O[C@@H](C)C2)cccc1OC(F)F. The quantitative estimate of drug-likeness (QED) is 0.932. The number of nitrogens with one attached hydrogen (secondary N) is 1. The second-order valence-electron chi connectivity index (χ2n) is 5.40. The molecule has 2 rings (SSSR count). The zero-order chi connectivity index (χ0) is 16.3. The fourth-order valence-electron chi connectivity index (χ4n) is 2.51. The second-order valence-corrected chi connectivity index (χ2v) is 5.40. The van der Waals surface area contributed by atoms with E-state index in [2.05, 4.69) is 10.1 Å². The highest BCUT2D eigenvalue weighted by Gasteiger charge is 2.26. The Kier molecular flexibility index (Phi) is 5.18. The number of amides is 2. The maximum atomic E-state index is 12.3. The zero-order valence-corrected chi connectivity index (χ0v) is 12.8. The smallest absolute Gasteiger partial charge is 0.387 e. The minimum absolute atomic E-state index is 0.0379. The average molecular weight is 314 g/mol. The van der Waals surface area contributed by atoms with Gasteiger partial charge in [0.15, 0.2) is 0 Å². The average Bonchev–Trinajstić information content (AvgIpc) is 2.41. The van der Waals surface area contributed by atoms with Crippen molar-refractivity contribution in [1.82, 2.24) is 4.90 Å². The first-order chi connectivity index (χ1) is 10.4. The Morgan fingerprint density at radius 2 is 2.00 bits per heavy atom. The normalized spacial score (nSPS) is 21.8. The Morgan fingerprint density at radius 3 is 2.59 bits per heavy atom. The van der Waals surface area contributed by atoms with Crippen LogP contribution >= 0.6 is 0 Å². The third-order valence-electron chi connectivity index (χ3n) is 3.45. The highest BCUT2D eigenvalue weighted by Crippen LogP contribution is 2.27. The lowest BCUT2D eigenvalue weighted by Crippen LogP contribution is -2.49. The van der Waals surface area contributed by atoms with Crippen LogP contribution in [-0.4, -0.2) is 42.8 Å². The van der Waals surface area contributed by atoms with Crippen LogP contribution in [0.15, 0.2) is 18.2 Å². The van der Waals surface area contributed by atoms with Gasteiger partial charge in [0.1, 0.15) is 5.75 Å². The number of carbonyl (C=O) groups is 1. The van der Waals surface area contributed by atoms with Gasteiger partial charge in [0.25, 0.3) is 0 Å². The topological polar surface area (TPSA) is 50.8 Å². The van der Waals surface area contributed by atoms with E-state index in [-0.39, 0.29) is 24.0 Å². The monoisotopic (exact) mass is 314 g/mol. The molecule has 0 aromatic heterocycles. The van der Waals surface area contributed by atoms with E-state index < -0.39 is 6.61 Å². The highest BCUT2D eigenvalue weighted by molar-refractivity contribution is 5.90. The lowest BCUT2D eigenvalue weighted by Gasteiger charge is -2.35. The molecule has 0 spiro atoms. The minimum atomic E-state index is -2.90. The van der Waals surface area contributed by atoms with Gasteiger partial charge in [-0.1, -0.05) is 6.07 Å². The molecule has 1 fully saturated rings. The molecule has 1 saturated heterocycles. The summed E-state index contributed by atoms with van der Waals surface area (Å²) in [6.07, 6.45) is -0.0757. The summed E-state index contributed by atoms with van der Waals surface area (Å²) in [5.74, 6) is 0.0523. The number of nitrogens with zero attached hydrogens (tertiary/aromatic N) is 1. The van der Waals surface area contributed by atoms with Gasteiger partial charge in [0.05, 0.1) is 12.2 Å². The van der Waals surface area contributed by atoms with Gasteiger partial charge in [-0.3, -0.25) is 0 Å². The zero-order valence-electron chi connectivity index (χ0n) is 12.8. The van der Waals surface area contributed by atoms with Gasteiger partial charge in [-0.15, -0.1) is 0 Å². The minimum Gasteiger partial charge on any atom is -0.434 e. The number of anilines is 1. The molecular weight excluding hydrogens is 294 g/mol. The van der Waals surface area contributed by atoms with Crippen LogP contribution < -0.4 is 10.1 Å². The van der Waals surface area contributed by atoms with Gasteiger partial charge >= 0.3 is 12.6 Å². The van der Waals surface area contributed by atoms with Crippen LogP contribution in [0.1, 0.15) is 19.4 Å². The molecule has 2 atom stereocenters. The van der Waals surface area contributed by atoms with Crippen LogP contribution in [0.25, 0.3) is 0 Å². The molecule has 1 aliphatic rings. The van der Waals surface area contributed by atoms with Crippen LogP contribution in [0.5, 0.6) is 5.75 Å². The molecule has 1 aliphatic heterocycles. The van der Waals surface area contributed by atoms with Gasteiger partial charge in [-0.05, 0) is 32.9 Å². The Balaban J connectivity index is 2.08. The molecule has 1 aromatic rings. The van der Waals surface area contributed by atoms with Crippen LogP contribution in [0.2, 0.25) is 0 Å². The van der Waals surface area contributed by atoms with E-state index in [1.165, 1.54) is 6.07 Å². The van der Waals surface area contributed by atoms with Crippen molar-refractivity contribution in [2.75, 3.05) is 18.4 Å². The number of carbonyl (C=O) groups excluding carboxylic acids is 1. The molecule has 5 nitrogen and oxygen atoms in total. The van der Waals surface area contributed by atoms with Gasteiger partial charge in [-0.2, -0.15) is 8.78 Å². The largest absolute Gasteiger partial charge is 0.434 e. The molecule has 22 heavy (non-hydrogen) atoms. The van der Waals surface area contributed by atoms with Crippen molar-refractivity contribution in [2.24, 2.45) is 0 Å². The third-order valence-corrected chi connectivity index (χ3v) is 3.45. The van der Waals surface area contributed by atoms with Gasteiger partial charge in [0, 0.05) is 24.3 Å². The van der Waals surface area contributed by atoms with Gasteiger partial charge < -0.3 is 19.7 Å². The number of alkyl halides is 2. The molecular formula is C15H20F2N2O3. The van der Waals surface area contributed by atoms with E-state index in [4.69, 9.17) is 4.74 Å². The lowest BCUT2D eigenvalue weighted by molar-refractivity contribution is -0.0531. The number of ether oxygens (including phenoxy) is 2. The summed E-state index contributed by atoms with van der Waals surface area (Å²) in [5.41, 5.74) is 0.917. The summed E-state index contributed by atoms with van der Waals surface area (Å²) >= 11 is 0. The number of hydrogen-bond donors (Lipinski definition) is 1. The molecule has 2 amide bonds. The maximum absolute atomic E-state index is 12.3. The predicted molar refractivity (Wildman–Crippen MR) is 78.4 cm³/mol. The summed E-state index contributed by atoms with van der Waals surface area (Å²) in [7, 11) is 0. The third kappa shape index (κ3) is 4.07. The van der Waals surface area contributed by atoms with Crippen molar-refractivity contribution in [3.05, 3.63) is 23.8 Å². The molecule has 0 unspecified atom stereocenters. The summed E-state index contributed by atoms with van der Waals surface area (Å²) < 4.78 is 34.7. The summed E-state index contributed by atoms with van der Waals surface area (Å²) in [4.78, 5) is 14.0. The van der Waals surface area contributed by atoms with Crippen molar-refractivity contribution in [1.29, 1.82) is 0 Å². The van der Waals surface area contributed by atoms with Crippen LogP contribution in [0, 0.1) is 6.92 Å². The summed E-state index contributed by atoms with van der Waals surface area (Å²) in [6, 6.07) is 4.37. The van der Waals surface area contributed by atoms with Crippen molar-refractivity contribution < 1.29 is 23.0 Å². The van der Waals surface area contributed by atoms with Crippen molar-refractivity contribution in [3.63, 3.8) is 0 Å². The summed E-state index contributed by atoms with van der Waals surface area (Å²) in [6.45, 7) is 3.50. The number of hydrogen-bond acceptors (Lipinski definition) is 3. The number of halogens is 2. The fraction of sp³-hybridized carbons (Fsp3) is 0.533. The second kappa shape index (κ2) is 6.91. The van der Waals surface area contributed by atoms with E-state index in [0.29, 0.717) is 24.3 Å². The van der Waals surface area contributed by atoms with Gasteiger partial charge in [-0.25, -0.2) is 4.79 Å². The number of urea groups is 1. The van der Waals surface area contributed by atoms with Crippen LogP contribution in [0.3, 0.4) is 0 Å². The van der Waals surface area contributed by atoms with E-state index in [9.17, 15) is 13.6 Å². The number of rotatable bonds is 3. The standard InChI is InChI=1S/C15H20F2N2O3/c1-9-7-19(8-10(2)21-9)15(20)18-12-5-4-6-13(11(12)3)22-14(16)17/h4-6,9-10,14H,7-8H2,1-3H3,(H,18,20)/t9-,10-/m0/s1. The Hall–Kier alpha value is -1.89. The Labute approximate surface area is 128 Å². The van der Waals surface area contributed by atoms with Crippen LogP contribution in [0.4, 0.5) is 19.3 Å². The first-order valence-corrected chi connectivity index (χ1v) is 7.12. The fourth-order valence-corrected chi connectivity index (χ4v) is 2.51. The Bertz CT molecular complexity index is 530. The molecule has 0 radical (unpaired) electrons. The molecule has 0 bridgehead atoms. The number of morpholine rings is 1. The predicted octanol–water partition coefficient (Wildman–Crippen LogP) is 3.24. The van der Waals surface area contributed by atoms with E-state index in [1.54, 1.807) is 24.0 Å². The lowest BCUT2D eigenvalue weighted by atomic mass is 10.2. The van der Waals surface area contributed by atoms with Crippen molar-refractivity contribution in [2.45, 2.75) is 39.6 Å². The first kappa shape index (κ1) is 16.5. The number of benzene rings is 1. The molecule has 7 heteroatoms. The van der Waals surface area contributed by atoms with Gasteiger partial charge in [0.2, 0.25) is 0 Å². The molecule has 1 N–H and O–H groups in total. The Morgan fingerprint density at radius 1 is 1.36 bits per heavy atom. The highest BCUT2D eigenvalue weighted by atomic mass is 19.3. The molecule has 1 heterocycles. The maximum Gasteiger partial charge on any atom is 0.387 e. The molecule has 1 aromatic carbocycles. The van der Waals surface area contributed by atoms with Crippen molar-refractivity contribution in [3.8, 4) is 5.75 Å².